The first-order valence-corrected chi connectivity index (χ1v) is 7.98. The molecule has 0 spiro atoms. The van der Waals surface area contributed by atoms with Crippen molar-refractivity contribution in [2.24, 2.45) is 5.92 Å². The third-order valence-electron chi connectivity index (χ3n) is 4.74. The van der Waals surface area contributed by atoms with Crippen molar-refractivity contribution in [2.75, 3.05) is 0 Å². The molecule has 1 aliphatic carbocycles. The zero-order valence-corrected chi connectivity index (χ0v) is 13.1. The van der Waals surface area contributed by atoms with Crippen molar-refractivity contribution in [3.8, 4) is 5.75 Å². The standard InChI is InChI=1S/C17H16N2O5/c1-8-7-12(8)24-11-4-2-3-9-14(11)17(23)19(16(9)22)10-5-6-13(20)18-15(10)21/h2-4,8,10,12H,5-7H2,1H3,(H,18,20,21). The first-order chi connectivity index (χ1) is 11.5. The van der Waals surface area contributed by atoms with Crippen LogP contribution in [-0.4, -0.2) is 40.7 Å². The Labute approximate surface area is 137 Å². The van der Waals surface area contributed by atoms with Crippen molar-refractivity contribution < 1.29 is 23.9 Å². The number of hydrogen-bond donors (Lipinski definition) is 1. The lowest BCUT2D eigenvalue weighted by molar-refractivity contribution is -0.136. The molecule has 2 heterocycles. The van der Waals surface area contributed by atoms with Crippen molar-refractivity contribution in [3.05, 3.63) is 29.3 Å². The minimum atomic E-state index is -0.956. The van der Waals surface area contributed by atoms with Gasteiger partial charge in [0, 0.05) is 6.42 Å². The maximum Gasteiger partial charge on any atom is 0.266 e. The van der Waals surface area contributed by atoms with Gasteiger partial charge in [0.25, 0.3) is 11.8 Å². The summed E-state index contributed by atoms with van der Waals surface area (Å²) in [6.07, 6.45) is 1.23. The Morgan fingerprint density at radius 3 is 2.58 bits per heavy atom. The summed E-state index contributed by atoms with van der Waals surface area (Å²) in [6.45, 7) is 2.05. The molecule has 1 N–H and O–H groups in total. The van der Waals surface area contributed by atoms with Crippen molar-refractivity contribution in [3.63, 3.8) is 0 Å². The SMILES string of the molecule is CC1CC1Oc1cccc2c1C(=O)N(C1CCC(=O)NC1=O)C2=O. The molecule has 1 saturated carbocycles. The van der Waals surface area contributed by atoms with E-state index in [0.29, 0.717) is 11.7 Å². The fourth-order valence-corrected chi connectivity index (χ4v) is 3.20. The van der Waals surface area contributed by atoms with Crippen LogP contribution in [0, 0.1) is 5.92 Å². The number of imide groups is 2. The maximum atomic E-state index is 12.8. The van der Waals surface area contributed by atoms with Crippen molar-refractivity contribution in [1.82, 2.24) is 10.2 Å². The molecule has 3 unspecified atom stereocenters. The van der Waals surface area contributed by atoms with Crippen LogP contribution in [0.15, 0.2) is 18.2 Å². The number of nitrogens with zero attached hydrogens (tertiary/aromatic N) is 1. The smallest absolute Gasteiger partial charge is 0.266 e. The number of carbonyl (C=O) groups is 4. The third kappa shape index (κ3) is 2.19. The predicted molar refractivity (Wildman–Crippen MR) is 81.3 cm³/mol. The number of amides is 4. The van der Waals surface area contributed by atoms with Gasteiger partial charge in [-0.3, -0.25) is 29.4 Å². The lowest BCUT2D eigenvalue weighted by Gasteiger charge is -2.27. The summed E-state index contributed by atoms with van der Waals surface area (Å²) in [5, 5.41) is 2.18. The molecule has 1 aromatic carbocycles. The summed E-state index contributed by atoms with van der Waals surface area (Å²) in [5.74, 6) is -1.24. The second-order valence-corrected chi connectivity index (χ2v) is 6.50. The molecule has 4 rings (SSSR count). The second kappa shape index (κ2) is 5.15. The van der Waals surface area contributed by atoms with E-state index in [1.807, 2.05) is 0 Å². The summed E-state index contributed by atoms with van der Waals surface area (Å²) in [5.41, 5.74) is 0.460. The normalized spacial score (nSPS) is 28.7. The number of benzene rings is 1. The molecule has 3 aliphatic rings. The van der Waals surface area contributed by atoms with Gasteiger partial charge in [-0.05, 0) is 30.9 Å². The molecule has 24 heavy (non-hydrogen) atoms. The van der Waals surface area contributed by atoms with Crippen LogP contribution < -0.4 is 10.1 Å². The van der Waals surface area contributed by atoms with E-state index < -0.39 is 23.8 Å². The number of carbonyl (C=O) groups excluding carboxylic acids is 4. The average molecular weight is 328 g/mol. The van der Waals surface area contributed by atoms with Gasteiger partial charge < -0.3 is 4.74 Å². The minimum Gasteiger partial charge on any atom is -0.489 e. The lowest BCUT2D eigenvalue weighted by atomic mass is 10.0. The quantitative estimate of drug-likeness (QED) is 0.831. The van der Waals surface area contributed by atoms with Gasteiger partial charge in [-0.2, -0.15) is 0 Å². The molecule has 3 atom stereocenters. The molecule has 0 radical (unpaired) electrons. The van der Waals surface area contributed by atoms with Gasteiger partial charge in [0.1, 0.15) is 17.9 Å². The van der Waals surface area contributed by atoms with E-state index >= 15 is 0 Å². The highest BCUT2D eigenvalue weighted by atomic mass is 16.5. The van der Waals surface area contributed by atoms with Gasteiger partial charge in [-0.1, -0.05) is 13.0 Å². The monoisotopic (exact) mass is 328 g/mol. The number of hydrogen-bond acceptors (Lipinski definition) is 5. The Morgan fingerprint density at radius 2 is 1.92 bits per heavy atom. The molecular weight excluding hydrogens is 312 g/mol. The van der Waals surface area contributed by atoms with Crippen LogP contribution in [0.3, 0.4) is 0 Å². The Bertz CT molecular complexity index is 787. The van der Waals surface area contributed by atoms with Crippen LogP contribution in [0.2, 0.25) is 0 Å². The highest BCUT2D eigenvalue weighted by Gasteiger charge is 2.46. The number of nitrogens with one attached hydrogen (secondary N) is 1. The van der Waals surface area contributed by atoms with E-state index in [9.17, 15) is 19.2 Å². The molecule has 7 heteroatoms. The summed E-state index contributed by atoms with van der Waals surface area (Å²) >= 11 is 0. The van der Waals surface area contributed by atoms with E-state index in [0.717, 1.165) is 11.3 Å². The molecule has 0 aromatic heterocycles. The fraction of sp³-hybridized carbons (Fsp3) is 0.412. The fourth-order valence-electron chi connectivity index (χ4n) is 3.20. The molecule has 1 saturated heterocycles. The maximum absolute atomic E-state index is 12.8. The number of fused-ring (bicyclic) bond motifs is 1. The first kappa shape index (κ1) is 14.9. The molecule has 2 fully saturated rings. The lowest BCUT2D eigenvalue weighted by Crippen LogP contribution is -2.54. The molecule has 4 amide bonds. The van der Waals surface area contributed by atoms with E-state index in [1.165, 1.54) is 0 Å². The molecule has 1 aromatic rings. The van der Waals surface area contributed by atoms with Crippen LogP contribution in [0.5, 0.6) is 5.75 Å². The van der Waals surface area contributed by atoms with Gasteiger partial charge in [-0.15, -0.1) is 0 Å². The largest absolute Gasteiger partial charge is 0.489 e. The van der Waals surface area contributed by atoms with Crippen molar-refractivity contribution in [1.29, 1.82) is 0 Å². The molecule has 7 nitrogen and oxygen atoms in total. The van der Waals surface area contributed by atoms with Gasteiger partial charge in [0.15, 0.2) is 0 Å². The molecular formula is C17H16N2O5. The molecule has 124 valence electrons. The summed E-state index contributed by atoms with van der Waals surface area (Å²) < 4.78 is 5.82. The van der Waals surface area contributed by atoms with Crippen LogP contribution in [0.25, 0.3) is 0 Å². The molecule has 2 aliphatic heterocycles. The van der Waals surface area contributed by atoms with Crippen LogP contribution in [-0.2, 0) is 9.59 Å². The second-order valence-electron chi connectivity index (χ2n) is 6.50. The average Bonchev–Trinajstić information content (AvgIpc) is 3.17. The summed E-state index contributed by atoms with van der Waals surface area (Å²) in [4.78, 5) is 49.7. The number of piperidine rings is 1. The van der Waals surface area contributed by atoms with E-state index in [4.69, 9.17) is 4.74 Å². The van der Waals surface area contributed by atoms with E-state index in [-0.39, 0.29) is 36.0 Å². The van der Waals surface area contributed by atoms with Gasteiger partial charge in [-0.25, -0.2) is 0 Å². The first-order valence-electron chi connectivity index (χ1n) is 7.98. The predicted octanol–water partition coefficient (Wildman–Crippen LogP) is 0.875. The van der Waals surface area contributed by atoms with Crippen LogP contribution in [0.1, 0.15) is 46.9 Å². The summed E-state index contributed by atoms with van der Waals surface area (Å²) in [6, 6.07) is 3.94. The van der Waals surface area contributed by atoms with Crippen LogP contribution in [0.4, 0.5) is 0 Å². The summed E-state index contributed by atoms with van der Waals surface area (Å²) in [7, 11) is 0. The Hall–Kier alpha value is -2.70. The third-order valence-corrected chi connectivity index (χ3v) is 4.74. The zero-order valence-electron chi connectivity index (χ0n) is 13.1. The minimum absolute atomic E-state index is 0.0593. The van der Waals surface area contributed by atoms with Crippen LogP contribution >= 0.6 is 0 Å². The van der Waals surface area contributed by atoms with E-state index in [2.05, 4.69) is 12.2 Å². The van der Waals surface area contributed by atoms with Gasteiger partial charge in [0.2, 0.25) is 11.8 Å². The number of ether oxygens (including phenoxy) is 1. The van der Waals surface area contributed by atoms with Gasteiger partial charge in [0.05, 0.1) is 11.1 Å². The Balaban J connectivity index is 1.67. The van der Waals surface area contributed by atoms with E-state index in [1.54, 1.807) is 18.2 Å². The van der Waals surface area contributed by atoms with Crippen molar-refractivity contribution >= 4 is 23.6 Å². The Morgan fingerprint density at radius 1 is 1.17 bits per heavy atom. The van der Waals surface area contributed by atoms with Gasteiger partial charge >= 0.3 is 0 Å². The topological polar surface area (TPSA) is 92.8 Å². The highest BCUT2D eigenvalue weighted by Crippen LogP contribution is 2.39. The zero-order chi connectivity index (χ0) is 17.0. The highest BCUT2D eigenvalue weighted by molar-refractivity contribution is 6.24. The van der Waals surface area contributed by atoms with Crippen molar-refractivity contribution in [2.45, 2.75) is 38.3 Å². The number of rotatable bonds is 3. The molecule has 0 bridgehead atoms. The Kier molecular flexibility index (Phi) is 3.19.